The van der Waals surface area contributed by atoms with Crippen LogP contribution in [0.5, 0.6) is 0 Å². The number of anilines is 2. The number of nitrogens with one attached hydrogen (secondary N) is 1. The molecule has 3 N–H and O–H groups in total. The van der Waals surface area contributed by atoms with E-state index in [0.29, 0.717) is 30.2 Å². The number of sulfonamides is 1. The Bertz CT molecular complexity index is 1330. The molecular formula is C23H23FN6O3S. The van der Waals surface area contributed by atoms with Crippen molar-refractivity contribution in [3.05, 3.63) is 66.0 Å². The van der Waals surface area contributed by atoms with Gasteiger partial charge in [0.1, 0.15) is 17.7 Å². The van der Waals surface area contributed by atoms with Crippen molar-refractivity contribution < 1.29 is 17.5 Å². The van der Waals surface area contributed by atoms with Crippen LogP contribution < -0.4 is 15.4 Å². The maximum Gasteiger partial charge on any atom is 0.240 e. The number of benzene rings is 2. The number of nitrogens with zero attached hydrogens (tertiary/aromatic N) is 4. The van der Waals surface area contributed by atoms with Gasteiger partial charge in [-0.1, -0.05) is 24.3 Å². The molecule has 0 aliphatic carbocycles. The van der Waals surface area contributed by atoms with Crippen LogP contribution in [-0.2, 0) is 14.8 Å². The molecule has 34 heavy (non-hydrogen) atoms. The van der Waals surface area contributed by atoms with Gasteiger partial charge in [0.05, 0.1) is 34.9 Å². The van der Waals surface area contributed by atoms with Crippen LogP contribution in [0.4, 0.5) is 16.2 Å². The minimum Gasteiger partial charge on any atom is -0.373 e. The van der Waals surface area contributed by atoms with Gasteiger partial charge < -0.3 is 15.4 Å². The molecule has 0 amide bonds. The molecule has 1 saturated heterocycles. The Morgan fingerprint density at radius 2 is 2.00 bits per heavy atom. The van der Waals surface area contributed by atoms with Crippen molar-refractivity contribution in [3.63, 3.8) is 0 Å². The number of rotatable bonds is 6. The van der Waals surface area contributed by atoms with Crippen molar-refractivity contribution in [2.45, 2.75) is 24.0 Å². The minimum atomic E-state index is -3.67. The Labute approximate surface area is 197 Å². The summed E-state index contributed by atoms with van der Waals surface area (Å²) in [4.78, 5) is 10.7. The third-order valence-corrected chi connectivity index (χ3v) is 6.91. The number of nitriles is 1. The van der Waals surface area contributed by atoms with Crippen molar-refractivity contribution in [1.29, 1.82) is 5.26 Å². The molecule has 11 heteroatoms. The van der Waals surface area contributed by atoms with Gasteiger partial charge in [0.25, 0.3) is 0 Å². The zero-order chi connectivity index (χ0) is 24.3. The van der Waals surface area contributed by atoms with Crippen molar-refractivity contribution in [3.8, 4) is 17.3 Å². The fourth-order valence-corrected chi connectivity index (χ4v) is 4.75. The Morgan fingerprint density at radius 3 is 2.71 bits per heavy atom. The molecule has 1 aliphatic rings. The topological polar surface area (TPSA) is 134 Å². The average Bonchev–Trinajstić information content (AvgIpc) is 2.83. The summed E-state index contributed by atoms with van der Waals surface area (Å²) in [6.45, 7) is 2.73. The predicted molar refractivity (Wildman–Crippen MR) is 125 cm³/mol. The summed E-state index contributed by atoms with van der Waals surface area (Å²) in [5.74, 6) is -0.125. The van der Waals surface area contributed by atoms with E-state index in [1.165, 1.54) is 24.3 Å². The summed E-state index contributed by atoms with van der Waals surface area (Å²) in [6, 6.07) is 15.7. The van der Waals surface area contributed by atoms with Crippen LogP contribution in [0.2, 0.25) is 0 Å². The number of nitrogen functional groups attached to an aromatic ring is 1. The largest absolute Gasteiger partial charge is 0.373 e. The van der Waals surface area contributed by atoms with Crippen molar-refractivity contribution in [2.75, 3.05) is 30.3 Å². The van der Waals surface area contributed by atoms with Crippen LogP contribution in [0.15, 0.2) is 59.5 Å². The number of halogens is 1. The Kier molecular flexibility index (Phi) is 6.74. The maximum atomic E-state index is 14.1. The van der Waals surface area contributed by atoms with E-state index in [-0.39, 0.29) is 29.0 Å². The first-order chi connectivity index (χ1) is 16.3. The van der Waals surface area contributed by atoms with Gasteiger partial charge in [-0.15, -0.1) is 0 Å². The summed E-state index contributed by atoms with van der Waals surface area (Å²) >= 11 is 0. The SMILES string of the molecule is CC1COC(CNS(=O)(=O)c2ccccc2)CN1c1cc(-c2ccc(C#N)c(F)c2)nc(N)n1. The summed E-state index contributed by atoms with van der Waals surface area (Å²) in [5, 5.41) is 8.95. The number of hydrogen-bond donors (Lipinski definition) is 2. The Balaban J connectivity index is 1.53. The second-order valence-electron chi connectivity index (χ2n) is 7.90. The average molecular weight is 483 g/mol. The van der Waals surface area contributed by atoms with Gasteiger partial charge in [-0.25, -0.2) is 22.5 Å². The predicted octanol–water partition coefficient (Wildman–Crippen LogP) is 2.31. The van der Waals surface area contributed by atoms with Crippen molar-refractivity contribution in [1.82, 2.24) is 14.7 Å². The summed E-state index contributed by atoms with van der Waals surface area (Å²) in [7, 11) is -3.67. The third-order valence-electron chi connectivity index (χ3n) is 5.47. The zero-order valence-corrected chi connectivity index (χ0v) is 19.2. The second kappa shape index (κ2) is 9.72. The summed E-state index contributed by atoms with van der Waals surface area (Å²) < 4.78 is 47.6. The number of aromatic nitrogens is 2. The summed E-state index contributed by atoms with van der Waals surface area (Å²) in [6.07, 6.45) is -0.429. The quantitative estimate of drug-likeness (QED) is 0.547. The molecule has 1 fully saturated rings. The molecule has 0 saturated carbocycles. The van der Waals surface area contributed by atoms with Gasteiger partial charge in [0.2, 0.25) is 16.0 Å². The Morgan fingerprint density at radius 1 is 1.24 bits per heavy atom. The van der Waals surface area contributed by atoms with E-state index in [4.69, 9.17) is 15.7 Å². The highest BCUT2D eigenvalue weighted by Crippen LogP contribution is 2.27. The summed E-state index contributed by atoms with van der Waals surface area (Å²) in [5.41, 5.74) is 6.74. The fourth-order valence-electron chi connectivity index (χ4n) is 3.66. The normalized spacial score (nSPS) is 18.4. The van der Waals surface area contributed by atoms with E-state index in [9.17, 15) is 12.8 Å². The van der Waals surface area contributed by atoms with Gasteiger partial charge in [-0.2, -0.15) is 10.2 Å². The lowest BCUT2D eigenvalue weighted by atomic mass is 10.1. The van der Waals surface area contributed by atoms with Crippen LogP contribution in [0, 0.1) is 17.1 Å². The van der Waals surface area contributed by atoms with Gasteiger partial charge in [0, 0.05) is 24.7 Å². The molecule has 0 spiro atoms. The first kappa shape index (κ1) is 23.6. The van der Waals surface area contributed by atoms with Crippen molar-refractivity contribution >= 4 is 21.8 Å². The highest BCUT2D eigenvalue weighted by atomic mass is 32.2. The molecule has 0 radical (unpaired) electrons. The number of hydrogen-bond acceptors (Lipinski definition) is 8. The lowest BCUT2D eigenvalue weighted by molar-refractivity contribution is 0.0259. The molecule has 2 unspecified atom stereocenters. The standard InChI is InChI=1S/C23H23FN6O3S/c1-15-14-33-18(12-27-34(31,32)19-5-3-2-4-6-19)13-30(15)22-10-21(28-23(26)29-22)16-7-8-17(11-25)20(24)9-16/h2-10,15,18,27H,12-14H2,1H3,(H2,26,28,29). The minimum absolute atomic E-state index is 0.0114. The van der Waals surface area contributed by atoms with Gasteiger partial charge in [-0.3, -0.25) is 0 Å². The zero-order valence-electron chi connectivity index (χ0n) is 18.3. The van der Waals surface area contributed by atoms with E-state index in [0.717, 1.165) is 0 Å². The van der Waals surface area contributed by atoms with Gasteiger partial charge >= 0.3 is 0 Å². The van der Waals surface area contributed by atoms with E-state index in [1.807, 2.05) is 11.8 Å². The van der Waals surface area contributed by atoms with E-state index in [1.54, 1.807) is 36.4 Å². The molecule has 3 aromatic rings. The van der Waals surface area contributed by atoms with Crippen LogP contribution >= 0.6 is 0 Å². The highest BCUT2D eigenvalue weighted by molar-refractivity contribution is 7.89. The first-order valence-corrected chi connectivity index (χ1v) is 12.0. The van der Waals surface area contributed by atoms with Gasteiger partial charge in [-0.05, 0) is 31.2 Å². The molecular weight excluding hydrogens is 459 g/mol. The Hall–Kier alpha value is -3.59. The second-order valence-corrected chi connectivity index (χ2v) is 9.66. The molecule has 0 bridgehead atoms. The fraction of sp³-hybridized carbons (Fsp3) is 0.261. The molecule has 9 nitrogen and oxygen atoms in total. The molecule has 2 aromatic carbocycles. The van der Waals surface area contributed by atoms with Gasteiger partial charge in [0.15, 0.2) is 0 Å². The lowest BCUT2D eigenvalue weighted by Crippen LogP contribution is -2.52. The first-order valence-electron chi connectivity index (χ1n) is 10.5. The number of morpholine rings is 1. The monoisotopic (exact) mass is 482 g/mol. The molecule has 2 atom stereocenters. The highest BCUT2D eigenvalue weighted by Gasteiger charge is 2.29. The lowest BCUT2D eigenvalue weighted by Gasteiger charge is -2.39. The number of ether oxygens (including phenoxy) is 1. The molecule has 1 aromatic heterocycles. The maximum absolute atomic E-state index is 14.1. The number of nitrogens with two attached hydrogens (primary N) is 1. The van der Waals surface area contributed by atoms with Crippen LogP contribution in [0.25, 0.3) is 11.3 Å². The smallest absolute Gasteiger partial charge is 0.240 e. The van der Waals surface area contributed by atoms with E-state index >= 15 is 0 Å². The molecule has 4 rings (SSSR count). The van der Waals surface area contributed by atoms with Crippen LogP contribution in [0.3, 0.4) is 0 Å². The van der Waals surface area contributed by atoms with Crippen LogP contribution in [-0.4, -0.2) is 50.2 Å². The van der Waals surface area contributed by atoms with Crippen molar-refractivity contribution in [2.24, 2.45) is 0 Å². The van der Waals surface area contributed by atoms with Crippen LogP contribution in [0.1, 0.15) is 12.5 Å². The molecule has 176 valence electrons. The van der Waals surface area contributed by atoms with E-state index in [2.05, 4.69) is 14.7 Å². The molecule has 1 aliphatic heterocycles. The third kappa shape index (κ3) is 5.14. The molecule has 2 heterocycles. The van der Waals surface area contributed by atoms with E-state index < -0.39 is 21.9 Å².